The summed E-state index contributed by atoms with van der Waals surface area (Å²) < 4.78 is 14.2. The molecule has 1 nitrogen and oxygen atoms in total. The van der Waals surface area contributed by atoms with Crippen molar-refractivity contribution in [2.24, 2.45) is 0 Å². The summed E-state index contributed by atoms with van der Waals surface area (Å²) >= 11 is 0. The van der Waals surface area contributed by atoms with Crippen LogP contribution < -0.4 is 0 Å². The topological polar surface area (TPSA) is 3.24 Å². The minimum atomic E-state index is -0.654. The molecular weight excluding hydrogens is 357 g/mol. The lowest BCUT2D eigenvalue weighted by Gasteiger charge is -2.33. The number of aryl methyl sites for hydroxylation is 1. The molecule has 158 valence electrons. The van der Waals surface area contributed by atoms with Gasteiger partial charge in [-0.1, -0.05) is 67.4 Å². The number of alkyl halides is 1. The van der Waals surface area contributed by atoms with Crippen molar-refractivity contribution in [3.8, 4) is 0 Å². The first-order valence-electron chi connectivity index (χ1n) is 11.6. The minimum absolute atomic E-state index is 0.117. The van der Waals surface area contributed by atoms with E-state index in [2.05, 4.69) is 80.3 Å². The Hall–Kier alpha value is -1.67. The van der Waals surface area contributed by atoms with Crippen molar-refractivity contribution in [1.82, 2.24) is 4.90 Å². The van der Waals surface area contributed by atoms with Gasteiger partial charge in [-0.15, -0.1) is 0 Å². The van der Waals surface area contributed by atoms with Crippen molar-refractivity contribution >= 4 is 0 Å². The lowest BCUT2D eigenvalue weighted by atomic mass is 9.82. The smallest absolute Gasteiger partial charge is 0.107 e. The third-order valence-electron chi connectivity index (χ3n) is 6.67. The Morgan fingerprint density at radius 1 is 0.862 bits per heavy atom. The lowest BCUT2D eigenvalue weighted by molar-refractivity contribution is 0.158. The van der Waals surface area contributed by atoms with Gasteiger partial charge in [-0.25, -0.2) is 4.39 Å². The predicted octanol–water partition coefficient (Wildman–Crippen LogP) is 6.96. The van der Waals surface area contributed by atoms with Gasteiger partial charge in [0.25, 0.3) is 0 Å². The van der Waals surface area contributed by atoms with Gasteiger partial charge in [-0.3, -0.25) is 4.90 Å². The van der Waals surface area contributed by atoms with E-state index >= 15 is 0 Å². The van der Waals surface area contributed by atoms with Gasteiger partial charge >= 0.3 is 0 Å². The summed E-state index contributed by atoms with van der Waals surface area (Å²) in [6.07, 6.45) is 6.63. The van der Waals surface area contributed by atoms with Gasteiger partial charge in [0.2, 0.25) is 0 Å². The van der Waals surface area contributed by atoms with E-state index in [-0.39, 0.29) is 5.92 Å². The van der Waals surface area contributed by atoms with E-state index in [1.807, 2.05) is 0 Å². The Kier molecular flexibility index (Phi) is 8.29. The van der Waals surface area contributed by atoms with Crippen molar-refractivity contribution in [2.45, 2.75) is 89.9 Å². The summed E-state index contributed by atoms with van der Waals surface area (Å²) in [4.78, 5) is 2.62. The zero-order valence-electron chi connectivity index (χ0n) is 18.5. The van der Waals surface area contributed by atoms with Crippen molar-refractivity contribution in [3.05, 3.63) is 71.3 Å². The fraction of sp³-hybridized carbons (Fsp3) is 0.556. The number of rotatable bonds is 9. The Morgan fingerprint density at radius 3 is 2.17 bits per heavy atom. The first-order chi connectivity index (χ1) is 14.0. The molecule has 3 unspecified atom stereocenters. The maximum absolute atomic E-state index is 14.2. The van der Waals surface area contributed by atoms with Gasteiger partial charge in [0.05, 0.1) is 0 Å². The van der Waals surface area contributed by atoms with Crippen molar-refractivity contribution in [3.63, 3.8) is 0 Å². The molecule has 0 amide bonds. The van der Waals surface area contributed by atoms with E-state index in [1.54, 1.807) is 0 Å². The molecule has 1 saturated carbocycles. The van der Waals surface area contributed by atoms with E-state index in [9.17, 15) is 4.39 Å². The van der Waals surface area contributed by atoms with Crippen molar-refractivity contribution in [2.75, 3.05) is 6.54 Å². The maximum Gasteiger partial charge on any atom is 0.107 e. The summed E-state index contributed by atoms with van der Waals surface area (Å²) in [5.41, 5.74) is 3.98. The van der Waals surface area contributed by atoms with Crippen LogP contribution in [0.4, 0.5) is 4.39 Å². The first kappa shape index (κ1) is 22.0. The third-order valence-corrected chi connectivity index (χ3v) is 6.67. The molecule has 0 aromatic heterocycles. The second-order valence-electron chi connectivity index (χ2n) is 9.10. The van der Waals surface area contributed by atoms with Gasteiger partial charge in [0.1, 0.15) is 6.17 Å². The second-order valence-corrected chi connectivity index (χ2v) is 9.10. The molecule has 0 spiro atoms. The Bertz CT molecular complexity index is 709. The predicted molar refractivity (Wildman–Crippen MR) is 122 cm³/mol. The molecule has 0 aliphatic heterocycles. The number of nitrogens with zero attached hydrogens (tertiary/aromatic N) is 1. The van der Waals surface area contributed by atoms with Crippen LogP contribution in [0.3, 0.4) is 0 Å². The Morgan fingerprint density at radius 2 is 1.52 bits per heavy atom. The standard InChI is InChI=1S/C27H38FN/c1-21(2)29(20-19-23-9-5-4-6-10-23)22(3)13-14-24-15-17-25(18-16-24)26-11-7-8-12-27(26)28/h4-6,9-10,15-18,21-22,26-27H,7-8,11-14,19-20H2,1-3H3. The monoisotopic (exact) mass is 395 g/mol. The van der Waals surface area contributed by atoms with Crippen LogP contribution in [0.5, 0.6) is 0 Å². The van der Waals surface area contributed by atoms with Crippen LogP contribution in [-0.2, 0) is 12.8 Å². The van der Waals surface area contributed by atoms with Gasteiger partial charge in [0.15, 0.2) is 0 Å². The van der Waals surface area contributed by atoms with Crippen LogP contribution in [0.15, 0.2) is 54.6 Å². The highest BCUT2D eigenvalue weighted by atomic mass is 19.1. The van der Waals surface area contributed by atoms with Gasteiger partial charge < -0.3 is 0 Å². The Balaban J connectivity index is 1.51. The van der Waals surface area contributed by atoms with E-state index < -0.39 is 6.17 Å². The third kappa shape index (κ3) is 6.40. The summed E-state index contributed by atoms with van der Waals surface area (Å²) in [5.74, 6) is 0.117. The zero-order chi connectivity index (χ0) is 20.6. The number of halogens is 1. The van der Waals surface area contributed by atoms with E-state index in [1.165, 1.54) is 23.1 Å². The molecule has 0 saturated heterocycles. The average molecular weight is 396 g/mol. The van der Waals surface area contributed by atoms with Crippen LogP contribution in [0.2, 0.25) is 0 Å². The Labute approximate surface area is 177 Å². The van der Waals surface area contributed by atoms with Gasteiger partial charge in [0, 0.05) is 24.5 Å². The van der Waals surface area contributed by atoms with Crippen molar-refractivity contribution in [1.29, 1.82) is 0 Å². The number of benzene rings is 2. The fourth-order valence-electron chi connectivity index (χ4n) is 4.82. The molecule has 29 heavy (non-hydrogen) atoms. The van der Waals surface area contributed by atoms with E-state index in [0.29, 0.717) is 12.1 Å². The quantitative estimate of drug-likeness (QED) is 0.444. The number of hydrogen-bond acceptors (Lipinski definition) is 1. The molecular formula is C27H38FN. The highest BCUT2D eigenvalue weighted by Gasteiger charge is 2.26. The maximum atomic E-state index is 14.2. The molecule has 0 N–H and O–H groups in total. The highest BCUT2D eigenvalue weighted by molar-refractivity contribution is 5.27. The zero-order valence-corrected chi connectivity index (χ0v) is 18.5. The molecule has 0 bridgehead atoms. The normalized spacial score (nSPS) is 20.9. The molecule has 3 rings (SSSR count). The largest absolute Gasteiger partial charge is 0.298 e. The average Bonchev–Trinajstić information content (AvgIpc) is 2.74. The molecule has 0 heterocycles. The molecule has 2 aromatic carbocycles. The van der Waals surface area contributed by atoms with Crippen LogP contribution in [-0.4, -0.2) is 29.7 Å². The fourth-order valence-corrected chi connectivity index (χ4v) is 4.82. The van der Waals surface area contributed by atoms with E-state index in [4.69, 9.17) is 0 Å². The molecule has 1 aliphatic carbocycles. The van der Waals surface area contributed by atoms with Crippen LogP contribution in [0, 0.1) is 0 Å². The summed E-state index contributed by atoms with van der Waals surface area (Å²) in [6, 6.07) is 20.7. The molecule has 1 aliphatic rings. The van der Waals surface area contributed by atoms with Crippen molar-refractivity contribution < 1.29 is 4.39 Å². The van der Waals surface area contributed by atoms with Crippen LogP contribution >= 0.6 is 0 Å². The van der Waals surface area contributed by atoms with Gasteiger partial charge in [-0.05, 0) is 69.6 Å². The summed E-state index contributed by atoms with van der Waals surface area (Å²) in [5, 5.41) is 0. The first-order valence-corrected chi connectivity index (χ1v) is 11.6. The molecule has 1 fully saturated rings. The lowest BCUT2D eigenvalue weighted by Crippen LogP contribution is -2.40. The molecule has 2 heteroatoms. The molecule has 2 aromatic rings. The number of hydrogen-bond donors (Lipinski definition) is 0. The summed E-state index contributed by atoms with van der Waals surface area (Å²) in [7, 11) is 0. The van der Waals surface area contributed by atoms with E-state index in [0.717, 1.165) is 45.1 Å². The molecule has 0 radical (unpaired) electrons. The molecule has 3 atom stereocenters. The van der Waals surface area contributed by atoms with Crippen LogP contribution in [0.1, 0.15) is 75.5 Å². The van der Waals surface area contributed by atoms with Gasteiger partial charge in [-0.2, -0.15) is 0 Å². The van der Waals surface area contributed by atoms with Crippen LogP contribution in [0.25, 0.3) is 0 Å². The second kappa shape index (κ2) is 10.9. The highest BCUT2D eigenvalue weighted by Crippen LogP contribution is 2.35. The SMILES string of the molecule is CC(C)N(CCc1ccccc1)C(C)CCc1ccc(C2CCCCC2F)cc1. The minimum Gasteiger partial charge on any atom is -0.298 e. The summed E-state index contributed by atoms with van der Waals surface area (Å²) in [6.45, 7) is 8.05.